The molecule has 7 nitrogen and oxygen atoms in total. The molecule has 2 N–H and O–H groups in total. The Bertz CT molecular complexity index is 1010. The molecule has 3 aromatic rings. The average Bonchev–Trinajstić information content (AvgIpc) is 2.67. The van der Waals surface area contributed by atoms with E-state index in [0.717, 1.165) is 11.1 Å². The molecular formula is C20H20N4O3. The third-order valence-corrected chi connectivity index (χ3v) is 3.87. The van der Waals surface area contributed by atoms with Crippen LogP contribution < -0.4 is 16.0 Å². The van der Waals surface area contributed by atoms with Crippen molar-refractivity contribution in [2.45, 2.75) is 19.9 Å². The van der Waals surface area contributed by atoms with Crippen molar-refractivity contribution in [2.24, 2.45) is 5.73 Å². The van der Waals surface area contributed by atoms with Gasteiger partial charge in [0.1, 0.15) is 0 Å². The topological polar surface area (TPSA) is 100 Å². The lowest BCUT2D eigenvalue weighted by Gasteiger charge is -2.14. The standard InChI is InChI=1S/C20H20N4O3/c1-13(2)24-19(26)11-9-16(23-24)15-8-10-18(27-12-17(21)25)22-20(15)14-6-4-3-5-7-14/h3-11,13H,12H2,1-2H3,(H2,21,25). The van der Waals surface area contributed by atoms with Crippen molar-refractivity contribution < 1.29 is 9.53 Å². The zero-order chi connectivity index (χ0) is 19.4. The highest BCUT2D eigenvalue weighted by Crippen LogP contribution is 2.31. The Kier molecular flexibility index (Phi) is 5.30. The fraction of sp³-hybridized carbons (Fsp3) is 0.200. The number of hydrogen-bond donors (Lipinski definition) is 1. The highest BCUT2D eigenvalue weighted by Gasteiger charge is 2.14. The normalized spacial score (nSPS) is 10.8. The van der Waals surface area contributed by atoms with E-state index >= 15 is 0 Å². The van der Waals surface area contributed by atoms with Crippen LogP contribution in [0.15, 0.2) is 59.4 Å². The Morgan fingerprint density at radius 3 is 2.52 bits per heavy atom. The molecule has 0 bridgehead atoms. The number of carbonyl (C=O) groups is 1. The van der Waals surface area contributed by atoms with Gasteiger partial charge in [-0.1, -0.05) is 30.3 Å². The third-order valence-electron chi connectivity index (χ3n) is 3.87. The molecule has 1 amide bonds. The second-order valence-corrected chi connectivity index (χ2v) is 6.26. The zero-order valence-corrected chi connectivity index (χ0v) is 15.1. The number of benzene rings is 1. The molecule has 0 saturated heterocycles. The second-order valence-electron chi connectivity index (χ2n) is 6.26. The maximum atomic E-state index is 12.0. The molecule has 1 aromatic carbocycles. The summed E-state index contributed by atoms with van der Waals surface area (Å²) in [4.78, 5) is 27.5. The first-order chi connectivity index (χ1) is 13.0. The number of amides is 1. The van der Waals surface area contributed by atoms with Gasteiger partial charge in [-0.2, -0.15) is 5.10 Å². The van der Waals surface area contributed by atoms with Crippen molar-refractivity contribution in [1.29, 1.82) is 0 Å². The average molecular weight is 364 g/mol. The minimum Gasteiger partial charge on any atom is -0.468 e. The van der Waals surface area contributed by atoms with Crippen molar-refractivity contribution in [1.82, 2.24) is 14.8 Å². The van der Waals surface area contributed by atoms with Crippen molar-refractivity contribution in [3.8, 4) is 28.4 Å². The molecule has 0 spiro atoms. The molecule has 0 aliphatic heterocycles. The second kappa shape index (κ2) is 7.82. The van der Waals surface area contributed by atoms with Crippen LogP contribution in [0.1, 0.15) is 19.9 Å². The van der Waals surface area contributed by atoms with E-state index in [2.05, 4.69) is 10.1 Å². The largest absolute Gasteiger partial charge is 0.468 e. The van der Waals surface area contributed by atoms with Gasteiger partial charge in [0.25, 0.3) is 11.5 Å². The number of ether oxygens (including phenoxy) is 1. The van der Waals surface area contributed by atoms with E-state index in [1.54, 1.807) is 12.1 Å². The first kappa shape index (κ1) is 18.3. The quantitative estimate of drug-likeness (QED) is 0.724. The summed E-state index contributed by atoms with van der Waals surface area (Å²) in [5.74, 6) is -0.290. The zero-order valence-electron chi connectivity index (χ0n) is 15.1. The summed E-state index contributed by atoms with van der Waals surface area (Å²) < 4.78 is 6.77. The highest BCUT2D eigenvalue weighted by atomic mass is 16.5. The number of pyridine rings is 1. The maximum absolute atomic E-state index is 12.0. The Labute approximate surface area is 156 Å². The van der Waals surface area contributed by atoms with E-state index in [0.29, 0.717) is 11.4 Å². The number of nitrogens with zero attached hydrogens (tertiary/aromatic N) is 3. The Morgan fingerprint density at radius 1 is 1.11 bits per heavy atom. The molecule has 0 aliphatic rings. The van der Waals surface area contributed by atoms with Crippen molar-refractivity contribution in [3.63, 3.8) is 0 Å². The molecule has 0 radical (unpaired) electrons. The number of nitrogens with two attached hydrogens (primary N) is 1. The van der Waals surface area contributed by atoms with Gasteiger partial charge >= 0.3 is 0 Å². The summed E-state index contributed by atoms with van der Waals surface area (Å²) in [6.07, 6.45) is 0. The fourth-order valence-corrected chi connectivity index (χ4v) is 2.63. The molecule has 0 fully saturated rings. The predicted octanol–water partition coefficient (Wildman–Crippen LogP) is 2.42. The Balaban J connectivity index is 2.13. The fourth-order valence-electron chi connectivity index (χ4n) is 2.63. The van der Waals surface area contributed by atoms with Gasteiger partial charge in [-0.15, -0.1) is 0 Å². The van der Waals surface area contributed by atoms with Crippen molar-refractivity contribution in [2.75, 3.05) is 6.61 Å². The third kappa shape index (κ3) is 4.20. The van der Waals surface area contributed by atoms with E-state index in [4.69, 9.17) is 10.5 Å². The van der Waals surface area contributed by atoms with Crippen LogP contribution in [0, 0.1) is 0 Å². The highest BCUT2D eigenvalue weighted by molar-refractivity contribution is 5.79. The molecule has 3 rings (SSSR count). The summed E-state index contributed by atoms with van der Waals surface area (Å²) >= 11 is 0. The van der Waals surface area contributed by atoms with Gasteiger partial charge in [0.05, 0.1) is 17.4 Å². The minimum atomic E-state index is -0.576. The first-order valence-corrected chi connectivity index (χ1v) is 8.53. The smallest absolute Gasteiger partial charge is 0.267 e. The lowest BCUT2D eigenvalue weighted by atomic mass is 10.0. The number of primary amides is 1. The van der Waals surface area contributed by atoms with Gasteiger partial charge < -0.3 is 10.5 Å². The molecule has 138 valence electrons. The number of carbonyl (C=O) groups excluding carboxylic acids is 1. The van der Waals surface area contributed by atoms with Gasteiger partial charge in [0.2, 0.25) is 5.88 Å². The van der Waals surface area contributed by atoms with Crippen LogP contribution in [0.5, 0.6) is 5.88 Å². The molecule has 0 atom stereocenters. The monoisotopic (exact) mass is 364 g/mol. The summed E-state index contributed by atoms with van der Waals surface area (Å²) in [6.45, 7) is 3.54. The predicted molar refractivity (Wildman–Crippen MR) is 102 cm³/mol. The number of hydrogen-bond acceptors (Lipinski definition) is 5. The van der Waals surface area contributed by atoms with Crippen LogP contribution in [0.4, 0.5) is 0 Å². The first-order valence-electron chi connectivity index (χ1n) is 8.53. The van der Waals surface area contributed by atoms with Crippen LogP contribution in [0.2, 0.25) is 0 Å². The Hall–Kier alpha value is -3.48. The molecule has 0 aliphatic carbocycles. The van der Waals surface area contributed by atoms with Gasteiger partial charge in [-0.05, 0) is 26.0 Å². The van der Waals surface area contributed by atoms with Crippen LogP contribution in [0.3, 0.4) is 0 Å². The molecule has 2 heterocycles. The molecule has 7 heteroatoms. The van der Waals surface area contributed by atoms with Crippen LogP contribution in [0.25, 0.3) is 22.5 Å². The van der Waals surface area contributed by atoms with E-state index < -0.39 is 5.91 Å². The number of aromatic nitrogens is 3. The SMILES string of the molecule is CC(C)n1nc(-c2ccc(OCC(N)=O)nc2-c2ccccc2)ccc1=O. The summed E-state index contributed by atoms with van der Waals surface area (Å²) in [5, 5.41) is 4.48. The van der Waals surface area contributed by atoms with Crippen molar-refractivity contribution >= 4 is 5.91 Å². The minimum absolute atomic E-state index is 0.0660. The van der Waals surface area contributed by atoms with Gasteiger partial charge in [-0.25, -0.2) is 9.67 Å². The molecule has 0 unspecified atom stereocenters. The molecule has 0 saturated carbocycles. The Morgan fingerprint density at radius 2 is 1.85 bits per heavy atom. The molecular weight excluding hydrogens is 344 g/mol. The van der Waals surface area contributed by atoms with E-state index in [1.165, 1.54) is 10.7 Å². The van der Waals surface area contributed by atoms with E-state index in [9.17, 15) is 9.59 Å². The maximum Gasteiger partial charge on any atom is 0.267 e. The summed E-state index contributed by atoms with van der Waals surface area (Å²) in [7, 11) is 0. The van der Waals surface area contributed by atoms with E-state index in [1.807, 2.05) is 50.2 Å². The van der Waals surface area contributed by atoms with Crippen molar-refractivity contribution in [3.05, 3.63) is 65.0 Å². The lowest BCUT2D eigenvalue weighted by molar-refractivity contribution is -0.120. The van der Waals surface area contributed by atoms with Gasteiger partial charge in [0, 0.05) is 23.3 Å². The van der Waals surface area contributed by atoms with Crippen LogP contribution >= 0.6 is 0 Å². The lowest BCUT2D eigenvalue weighted by Crippen LogP contribution is -2.24. The summed E-state index contributed by atoms with van der Waals surface area (Å²) in [6, 6.07) is 16.1. The number of rotatable bonds is 6. The van der Waals surface area contributed by atoms with Crippen LogP contribution in [-0.2, 0) is 4.79 Å². The van der Waals surface area contributed by atoms with Gasteiger partial charge in [0.15, 0.2) is 6.61 Å². The summed E-state index contributed by atoms with van der Waals surface area (Å²) in [5.41, 5.74) is 7.85. The molecule has 2 aromatic heterocycles. The van der Waals surface area contributed by atoms with Gasteiger partial charge in [-0.3, -0.25) is 9.59 Å². The van der Waals surface area contributed by atoms with E-state index in [-0.39, 0.29) is 24.1 Å². The molecule has 27 heavy (non-hydrogen) atoms. The van der Waals surface area contributed by atoms with Crippen LogP contribution in [-0.4, -0.2) is 27.3 Å².